The molecule has 0 unspecified atom stereocenters. The quantitative estimate of drug-likeness (QED) is 0.711. The molecule has 0 bridgehead atoms. The van der Waals surface area contributed by atoms with Crippen molar-refractivity contribution in [3.63, 3.8) is 0 Å². The summed E-state index contributed by atoms with van der Waals surface area (Å²) in [5, 5.41) is 3.41. The Labute approximate surface area is 99.0 Å². The Hall–Kier alpha value is -1.02. The highest BCUT2D eigenvalue weighted by Crippen LogP contribution is 2.17. The van der Waals surface area contributed by atoms with Crippen LogP contribution in [0.2, 0.25) is 0 Å². The normalized spacial score (nSPS) is 10.4. The molecule has 0 heterocycles. The summed E-state index contributed by atoms with van der Waals surface area (Å²) in [4.78, 5) is 0. The van der Waals surface area contributed by atoms with Crippen LogP contribution in [-0.4, -0.2) is 19.8 Å². The van der Waals surface area contributed by atoms with Crippen LogP contribution in [0, 0.1) is 13.8 Å². The molecule has 0 radical (unpaired) electrons. The van der Waals surface area contributed by atoms with Gasteiger partial charge in [-0.25, -0.2) is 0 Å². The molecule has 90 valence electrons. The van der Waals surface area contributed by atoms with Crippen molar-refractivity contribution in [1.82, 2.24) is 0 Å². The lowest BCUT2D eigenvalue weighted by molar-refractivity contribution is 0.141. The van der Waals surface area contributed by atoms with E-state index in [9.17, 15) is 0 Å². The van der Waals surface area contributed by atoms with Gasteiger partial charge in [0.1, 0.15) is 0 Å². The lowest BCUT2D eigenvalue weighted by Crippen LogP contribution is -2.10. The van der Waals surface area contributed by atoms with Crippen molar-refractivity contribution in [2.45, 2.75) is 33.6 Å². The molecule has 1 N–H and O–H groups in total. The Morgan fingerprint density at radius 3 is 2.75 bits per heavy atom. The number of aryl methyl sites for hydroxylation is 1. The van der Waals surface area contributed by atoms with Crippen molar-refractivity contribution in [2.75, 3.05) is 25.1 Å². The van der Waals surface area contributed by atoms with Crippen molar-refractivity contribution in [3.8, 4) is 0 Å². The number of rotatable bonds is 7. The fourth-order valence-electron chi connectivity index (χ4n) is 1.55. The van der Waals surface area contributed by atoms with Gasteiger partial charge in [0.15, 0.2) is 0 Å². The molecular weight excluding hydrogens is 198 g/mol. The van der Waals surface area contributed by atoms with Gasteiger partial charge in [0.05, 0.1) is 6.61 Å². The molecular formula is C14H23NO. The van der Waals surface area contributed by atoms with Crippen LogP contribution in [0.3, 0.4) is 0 Å². The lowest BCUT2D eigenvalue weighted by atomic mass is 10.1. The number of unbranched alkanes of at least 4 members (excludes halogenated alkanes) is 1. The number of ether oxygens (including phenoxy) is 1. The van der Waals surface area contributed by atoms with E-state index in [1.165, 1.54) is 23.2 Å². The first kappa shape index (κ1) is 13.0. The molecule has 0 saturated heterocycles. The van der Waals surface area contributed by atoms with Gasteiger partial charge in [-0.05, 0) is 37.5 Å². The van der Waals surface area contributed by atoms with Gasteiger partial charge in [-0.3, -0.25) is 0 Å². The summed E-state index contributed by atoms with van der Waals surface area (Å²) in [7, 11) is 0. The third-order valence-electron chi connectivity index (χ3n) is 2.81. The first-order valence-corrected chi connectivity index (χ1v) is 6.13. The third kappa shape index (κ3) is 4.23. The molecule has 1 aromatic carbocycles. The van der Waals surface area contributed by atoms with Crippen molar-refractivity contribution in [3.05, 3.63) is 29.3 Å². The van der Waals surface area contributed by atoms with Crippen molar-refractivity contribution in [1.29, 1.82) is 0 Å². The zero-order valence-corrected chi connectivity index (χ0v) is 10.7. The maximum absolute atomic E-state index is 5.50. The smallest absolute Gasteiger partial charge is 0.0639 e. The van der Waals surface area contributed by atoms with Crippen LogP contribution >= 0.6 is 0 Å². The van der Waals surface area contributed by atoms with Crippen LogP contribution in [0.15, 0.2) is 18.2 Å². The van der Waals surface area contributed by atoms with Crippen LogP contribution in [0.5, 0.6) is 0 Å². The van der Waals surface area contributed by atoms with E-state index in [1.807, 2.05) is 0 Å². The largest absolute Gasteiger partial charge is 0.383 e. The average Bonchev–Trinajstić information content (AvgIpc) is 2.29. The number of anilines is 1. The number of nitrogens with one attached hydrogen (secondary N) is 1. The molecule has 0 spiro atoms. The molecule has 16 heavy (non-hydrogen) atoms. The van der Waals surface area contributed by atoms with Gasteiger partial charge in [-0.2, -0.15) is 0 Å². The molecule has 0 amide bonds. The summed E-state index contributed by atoms with van der Waals surface area (Å²) in [6.07, 6.45) is 2.36. The summed E-state index contributed by atoms with van der Waals surface area (Å²) in [5.41, 5.74) is 3.88. The van der Waals surface area contributed by atoms with Gasteiger partial charge in [0.2, 0.25) is 0 Å². The summed E-state index contributed by atoms with van der Waals surface area (Å²) in [6.45, 7) is 9.01. The molecule has 0 atom stereocenters. The van der Waals surface area contributed by atoms with E-state index >= 15 is 0 Å². The van der Waals surface area contributed by atoms with E-state index in [4.69, 9.17) is 4.74 Å². The van der Waals surface area contributed by atoms with Gasteiger partial charge in [0, 0.05) is 18.8 Å². The van der Waals surface area contributed by atoms with Crippen molar-refractivity contribution in [2.24, 2.45) is 0 Å². The summed E-state index contributed by atoms with van der Waals surface area (Å²) >= 11 is 0. The fourth-order valence-corrected chi connectivity index (χ4v) is 1.55. The topological polar surface area (TPSA) is 21.3 Å². The van der Waals surface area contributed by atoms with Crippen LogP contribution < -0.4 is 5.32 Å². The number of hydrogen-bond donors (Lipinski definition) is 1. The molecule has 2 nitrogen and oxygen atoms in total. The van der Waals surface area contributed by atoms with E-state index in [0.717, 1.165) is 26.2 Å². The fraction of sp³-hybridized carbons (Fsp3) is 0.571. The SMILES string of the molecule is CCCCOCCNc1cccc(C)c1C. The zero-order chi connectivity index (χ0) is 11.8. The summed E-state index contributed by atoms with van der Waals surface area (Å²) in [5.74, 6) is 0. The Morgan fingerprint density at radius 1 is 1.19 bits per heavy atom. The highest BCUT2D eigenvalue weighted by molar-refractivity contribution is 5.53. The van der Waals surface area contributed by atoms with Crippen molar-refractivity contribution < 1.29 is 4.74 Å². The van der Waals surface area contributed by atoms with E-state index in [2.05, 4.69) is 44.3 Å². The third-order valence-corrected chi connectivity index (χ3v) is 2.81. The second-order valence-corrected chi connectivity index (χ2v) is 4.14. The second-order valence-electron chi connectivity index (χ2n) is 4.14. The minimum atomic E-state index is 0.785. The Kier molecular flexibility index (Phi) is 5.94. The van der Waals surface area contributed by atoms with E-state index < -0.39 is 0 Å². The molecule has 1 rings (SSSR count). The van der Waals surface area contributed by atoms with Gasteiger partial charge >= 0.3 is 0 Å². The van der Waals surface area contributed by atoms with E-state index in [-0.39, 0.29) is 0 Å². The highest BCUT2D eigenvalue weighted by atomic mass is 16.5. The minimum Gasteiger partial charge on any atom is -0.383 e. The maximum Gasteiger partial charge on any atom is 0.0639 e. The first-order chi connectivity index (χ1) is 7.75. The Balaban J connectivity index is 2.24. The van der Waals surface area contributed by atoms with Crippen molar-refractivity contribution >= 4 is 5.69 Å². The molecule has 0 saturated carbocycles. The minimum absolute atomic E-state index is 0.785. The van der Waals surface area contributed by atoms with Gasteiger partial charge in [0.25, 0.3) is 0 Å². The van der Waals surface area contributed by atoms with Crippen LogP contribution in [0.1, 0.15) is 30.9 Å². The van der Waals surface area contributed by atoms with Crippen LogP contribution in [0.25, 0.3) is 0 Å². The maximum atomic E-state index is 5.50. The van der Waals surface area contributed by atoms with Crippen LogP contribution in [0.4, 0.5) is 5.69 Å². The molecule has 0 aliphatic carbocycles. The van der Waals surface area contributed by atoms with Crippen LogP contribution in [-0.2, 0) is 4.74 Å². The van der Waals surface area contributed by atoms with E-state index in [1.54, 1.807) is 0 Å². The average molecular weight is 221 g/mol. The van der Waals surface area contributed by atoms with Gasteiger partial charge < -0.3 is 10.1 Å². The van der Waals surface area contributed by atoms with E-state index in [0.29, 0.717) is 0 Å². The molecule has 0 aliphatic rings. The standard InChI is InChI=1S/C14H23NO/c1-4-5-10-16-11-9-15-14-8-6-7-12(2)13(14)3/h6-8,15H,4-5,9-11H2,1-3H3. The lowest BCUT2D eigenvalue weighted by Gasteiger charge is -2.11. The number of hydrogen-bond acceptors (Lipinski definition) is 2. The molecule has 0 fully saturated rings. The van der Waals surface area contributed by atoms with Gasteiger partial charge in [-0.15, -0.1) is 0 Å². The Bertz CT molecular complexity index is 310. The van der Waals surface area contributed by atoms with Gasteiger partial charge in [-0.1, -0.05) is 25.5 Å². The monoisotopic (exact) mass is 221 g/mol. The molecule has 0 aromatic heterocycles. The number of benzene rings is 1. The second kappa shape index (κ2) is 7.29. The first-order valence-electron chi connectivity index (χ1n) is 6.13. The molecule has 1 aromatic rings. The summed E-state index contributed by atoms with van der Waals surface area (Å²) in [6, 6.07) is 6.34. The highest BCUT2D eigenvalue weighted by Gasteiger charge is 1.98. The predicted molar refractivity (Wildman–Crippen MR) is 70.1 cm³/mol. The molecule has 0 aliphatic heterocycles. The summed E-state index contributed by atoms with van der Waals surface area (Å²) < 4.78 is 5.50. The predicted octanol–water partition coefficient (Wildman–Crippen LogP) is 3.53. The Morgan fingerprint density at radius 2 is 2.00 bits per heavy atom. The zero-order valence-electron chi connectivity index (χ0n) is 10.7. The molecule has 2 heteroatoms.